The Morgan fingerprint density at radius 2 is 0.464 bits per heavy atom. The van der Waals surface area contributed by atoms with Crippen molar-refractivity contribution < 1.29 is 168 Å². The van der Waals surface area contributed by atoms with E-state index >= 15 is 0 Å². The molecule has 0 amide bonds. The molecular formula is C48H76N2O34. The van der Waals surface area contributed by atoms with Gasteiger partial charge in [-0.3, -0.25) is 0 Å². The summed E-state index contributed by atoms with van der Waals surface area (Å²) < 4.78 is 81.2. The fraction of sp³-hybridized carbons (Fsp3) is 0.875. The summed E-state index contributed by atoms with van der Waals surface area (Å²) in [6, 6.07) is 6.34. The number of benzene rings is 1. The zero-order valence-corrected chi connectivity index (χ0v) is 44.2. The summed E-state index contributed by atoms with van der Waals surface area (Å²) in [4.78, 5) is 0. The highest BCUT2D eigenvalue weighted by Crippen LogP contribution is 2.39. The van der Waals surface area contributed by atoms with Gasteiger partial charge >= 0.3 is 0 Å². The molecule has 14 bridgehead atoms. The van der Waals surface area contributed by atoms with E-state index in [1.807, 2.05) is 0 Å². The van der Waals surface area contributed by atoms with Gasteiger partial charge in [-0.25, -0.2) is 0 Å². The third-order valence-electron chi connectivity index (χ3n) is 16.1. The number of ether oxygens (including phenoxy) is 14. The topological polar surface area (TPSA) is 572 Å². The molecule has 482 valence electrons. The molecule has 0 aromatic heterocycles. The van der Waals surface area contributed by atoms with Crippen molar-refractivity contribution in [3.8, 4) is 0 Å². The molecule has 22 rings (SSSR count). The summed E-state index contributed by atoms with van der Waals surface area (Å²) in [7, 11) is 0. The first-order valence-corrected chi connectivity index (χ1v) is 27.0. The second-order valence-electron chi connectivity index (χ2n) is 21.4. The van der Waals surface area contributed by atoms with Crippen molar-refractivity contribution in [1.29, 1.82) is 0 Å². The van der Waals surface area contributed by atoms with Crippen molar-refractivity contribution in [2.24, 2.45) is 0 Å². The van der Waals surface area contributed by atoms with Crippen LogP contribution in [0.1, 0.15) is 0 Å². The zero-order valence-electron chi connectivity index (χ0n) is 44.2. The lowest BCUT2D eigenvalue weighted by Crippen LogP contribution is -2.68. The molecule has 0 spiro atoms. The summed E-state index contributed by atoms with van der Waals surface area (Å²) >= 11 is 0. The molecule has 0 unspecified atom stereocenters. The Hall–Kier alpha value is -2.54. The first-order valence-electron chi connectivity index (χ1n) is 27.0. The lowest BCUT2D eigenvalue weighted by molar-refractivity contribution is -0.396. The van der Waals surface area contributed by atoms with Crippen LogP contribution in [0.15, 0.2) is 24.3 Å². The molecule has 0 saturated carbocycles. The van der Waals surface area contributed by atoms with E-state index in [0.29, 0.717) is 5.69 Å². The van der Waals surface area contributed by atoms with Crippen LogP contribution in [0.2, 0.25) is 0 Å². The van der Waals surface area contributed by atoms with Crippen LogP contribution in [-0.4, -0.2) is 363 Å². The summed E-state index contributed by atoms with van der Waals surface area (Å²) in [5.41, 5.74) is 6.69. The molecule has 23 N–H and O–H groups in total. The van der Waals surface area contributed by atoms with Gasteiger partial charge in [0.2, 0.25) is 0 Å². The summed E-state index contributed by atoms with van der Waals surface area (Å²) in [5, 5.41) is 226. The fourth-order valence-corrected chi connectivity index (χ4v) is 11.3. The van der Waals surface area contributed by atoms with E-state index in [9.17, 15) is 102 Å². The monoisotopic (exact) mass is 1220 g/mol. The third-order valence-corrected chi connectivity index (χ3v) is 16.1. The van der Waals surface area contributed by atoms with Gasteiger partial charge in [0.25, 0.3) is 0 Å². The minimum absolute atomic E-state index is 0.225. The quantitative estimate of drug-likeness (QED) is 0.102. The zero-order chi connectivity index (χ0) is 60.7. The number of hydrogen-bond donors (Lipinski definition) is 22. The maximum absolute atomic E-state index is 11.8. The summed E-state index contributed by atoms with van der Waals surface area (Å²) in [6.45, 7) is -6.65. The molecule has 21 aliphatic heterocycles. The predicted molar refractivity (Wildman–Crippen MR) is 261 cm³/mol. The molecule has 35 atom stereocenters. The van der Waals surface area contributed by atoms with Crippen LogP contribution in [0.5, 0.6) is 0 Å². The minimum atomic E-state index is -2.21. The van der Waals surface area contributed by atoms with Crippen LogP contribution in [-0.2, 0) is 66.3 Å². The van der Waals surface area contributed by atoms with E-state index in [1.54, 1.807) is 18.2 Å². The van der Waals surface area contributed by atoms with Gasteiger partial charge in [0, 0.05) is 6.54 Å². The van der Waals surface area contributed by atoms with E-state index < -0.39 is 255 Å². The predicted octanol–water partition coefficient (Wildman–Crippen LogP) is -13.5. The van der Waals surface area contributed by atoms with Crippen molar-refractivity contribution in [2.45, 2.75) is 215 Å². The molecule has 36 nitrogen and oxygen atoms in total. The molecule has 21 heterocycles. The first kappa shape index (κ1) is 65.9. The molecule has 1 aromatic carbocycles. The Morgan fingerprint density at radius 3 is 0.667 bits per heavy atom. The van der Waals surface area contributed by atoms with E-state index in [4.69, 9.17) is 72.0 Å². The van der Waals surface area contributed by atoms with Crippen molar-refractivity contribution in [3.63, 3.8) is 0 Å². The number of rotatable bonds is 9. The SMILES string of the molecule is Nc1ccccc1NC[C@H]1O[C@@H]2O[C@H]3[C@H](O)[C@@H](O)[C@@H](O[C@H]4[C@H](O)[C@@H](O)[C@@H](O[C@H]5[C@H](O)[C@@H](O)[C@@H](O[C@H]6[C@H](O)[C@@H](O)[C@@H](O[C@H]7[C@H](O)[C@@H](O)[C@@H](O[C@H]8[C@H](O)[C@@H](O)[C@@H](O[C@H]1[C@H](O)[C@H]2O)O[C@@H]8CO)O[C@@H]7CO)O[C@@H]6CO)O[C@@H]5CO)O[C@@H]4CO)O[C@@H]3CO. The minimum Gasteiger partial charge on any atom is -0.397 e. The number of nitrogens with one attached hydrogen (secondary N) is 1. The second-order valence-corrected chi connectivity index (χ2v) is 21.4. The molecular weight excluding hydrogens is 1150 g/mol. The fourth-order valence-electron chi connectivity index (χ4n) is 11.3. The Kier molecular flexibility index (Phi) is 22.0. The Labute approximate surface area is 475 Å². The van der Waals surface area contributed by atoms with Gasteiger partial charge in [-0.1, -0.05) is 12.1 Å². The van der Waals surface area contributed by atoms with Gasteiger partial charge in [0.05, 0.1) is 51.0 Å². The molecule has 21 aliphatic rings. The van der Waals surface area contributed by atoms with Gasteiger partial charge in [0.15, 0.2) is 44.0 Å². The average Bonchev–Trinajstić information content (AvgIpc) is 1.23. The van der Waals surface area contributed by atoms with E-state index in [0.717, 1.165) is 0 Å². The van der Waals surface area contributed by atoms with Gasteiger partial charge in [-0.05, 0) is 12.1 Å². The number of anilines is 2. The Bertz CT molecular complexity index is 2210. The van der Waals surface area contributed by atoms with Crippen molar-refractivity contribution >= 4 is 11.4 Å². The van der Waals surface area contributed by atoms with Gasteiger partial charge in [-0.2, -0.15) is 0 Å². The van der Waals surface area contributed by atoms with E-state index in [2.05, 4.69) is 5.32 Å². The van der Waals surface area contributed by atoms with Crippen LogP contribution in [0.25, 0.3) is 0 Å². The number of nitrogen functional groups attached to an aromatic ring is 1. The van der Waals surface area contributed by atoms with Crippen LogP contribution >= 0.6 is 0 Å². The highest BCUT2D eigenvalue weighted by Gasteiger charge is 2.59. The molecule has 1 aromatic rings. The largest absolute Gasteiger partial charge is 0.397 e. The molecule has 21 fully saturated rings. The van der Waals surface area contributed by atoms with Crippen molar-refractivity contribution in [1.82, 2.24) is 0 Å². The summed E-state index contributed by atoms with van der Waals surface area (Å²) in [6.07, 6.45) is -69.9. The standard InChI is InChI=1S/C48H76N2O34/c49-12-3-1-2-4-13(12)50-5-14-35-21(57)28(64)42(71-14)79-36-15(6-51)73-44(30(66)23(36)59)81-38-17(8-53)75-46(32(68)25(38)61)83-40-19(10-55)77-48(34(70)27(40)63)84-41-20(11-56)76-47(33(69)26(41)62)82-39-18(9-54)74-45(31(67)24(39)60)80-37-16(7-52)72-43(78-35)29(65)22(37)58/h1-4,14-48,50-70H,5-11,49H2/t14-,15-,16-,17-,18-,19-,20-,21-,22-,23-,24-,25-,26-,27-,28-,29-,30-,31-,32-,33-,34-,35-,36-,37-,38-,39-,40-,41-,42-,43-,44-,45-,46-,47-,48-/m1/s1. The summed E-state index contributed by atoms with van der Waals surface area (Å²) in [5.74, 6) is 0. The average molecular weight is 1230 g/mol. The smallest absolute Gasteiger partial charge is 0.187 e. The van der Waals surface area contributed by atoms with Gasteiger partial charge in [0.1, 0.15) is 171 Å². The van der Waals surface area contributed by atoms with E-state index in [-0.39, 0.29) is 12.2 Å². The maximum atomic E-state index is 11.8. The van der Waals surface area contributed by atoms with Crippen LogP contribution in [0, 0.1) is 0 Å². The first-order chi connectivity index (χ1) is 40.1. The number of para-hydroxylation sites is 2. The van der Waals surface area contributed by atoms with Crippen LogP contribution in [0.3, 0.4) is 0 Å². The molecule has 0 radical (unpaired) electrons. The molecule has 0 aliphatic carbocycles. The Morgan fingerprint density at radius 1 is 0.274 bits per heavy atom. The number of hydrogen-bond acceptors (Lipinski definition) is 36. The molecule has 21 saturated heterocycles. The lowest BCUT2D eigenvalue weighted by atomic mass is 9.95. The Balaban J connectivity index is 1.02. The van der Waals surface area contributed by atoms with E-state index in [1.165, 1.54) is 6.07 Å². The van der Waals surface area contributed by atoms with Crippen LogP contribution in [0.4, 0.5) is 11.4 Å². The lowest BCUT2D eigenvalue weighted by Gasteiger charge is -2.50. The second kappa shape index (κ2) is 28.1. The number of aliphatic hydroxyl groups excluding tert-OH is 20. The normalized spacial score (nSPS) is 51.6. The molecule has 36 heteroatoms. The number of aliphatic hydroxyl groups is 20. The van der Waals surface area contributed by atoms with Gasteiger partial charge < -0.3 is 179 Å². The van der Waals surface area contributed by atoms with Crippen molar-refractivity contribution in [3.05, 3.63) is 24.3 Å². The third kappa shape index (κ3) is 13.1. The number of nitrogens with two attached hydrogens (primary N) is 1. The highest BCUT2D eigenvalue weighted by atomic mass is 16.8. The van der Waals surface area contributed by atoms with Gasteiger partial charge in [-0.15, -0.1) is 0 Å². The maximum Gasteiger partial charge on any atom is 0.187 e. The van der Waals surface area contributed by atoms with Crippen molar-refractivity contribution in [2.75, 3.05) is 57.2 Å². The molecule has 84 heavy (non-hydrogen) atoms. The highest BCUT2D eigenvalue weighted by molar-refractivity contribution is 5.65. The van der Waals surface area contributed by atoms with Crippen LogP contribution < -0.4 is 11.1 Å².